The summed E-state index contributed by atoms with van der Waals surface area (Å²) in [6, 6.07) is 18.1. The Kier molecular flexibility index (Phi) is 10.4. The molecule has 3 rings (SSSR count). The molecule has 9 heteroatoms. The highest BCUT2D eigenvalue weighted by molar-refractivity contribution is 7.92. The Balaban J connectivity index is 2.06. The molecule has 0 radical (unpaired) electrons. The maximum Gasteiger partial charge on any atom is 0.264 e. The summed E-state index contributed by atoms with van der Waals surface area (Å²) in [7, 11) is -4.12. The van der Waals surface area contributed by atoms with E-state index in [4.69, 9.17) is 11.6 Å². The molecule has 0 aliphatic heterocycles. The minimum Gasteiger partial charge on any atom is -0.354 e. The quantitative estimate of drug-likeness (QED) is 0.316. The molecule has 1 N–H and O–H groups in total. The highest BCUT2D eigenvalue weighted by atomic mass is 35.5. The van der Waals surface area contributed by atoms with Gasteiger partial charge in [-0.2, -0.15) is 0 Å². The predicted molar refractivity (Wildman–Crippen MR) is 161 cm³/mol. The van der Waals surface area contributed by atoms with Crippen LogP contribution in [0.4, 0.5) is 5.69 Å². The van der Waals surface area contributed by atoms with Crippen LogP contribution in [0.2, 0.25) is 5.02 Å². The molecule has 2 amide bonds. The van der Waals surface area contributed by atoms with E-state index >= 15 is 0 Å². The molecule has 0 aliphatic carbocycles. The van der Waals surface area contributed by atoms with Gasteiger partial charge in [0.05, 0.1) is 10.6 Å². The van der Waals surface area contributed by atoms with Gasteiger partial charge in [-0.05, 0) is 69.0 Å². The largest absolute Gasteiger partial charge is 0.354 e. The zero-order valence-corrected chi connectivity index (χ0v) is 25.5. The molecule has 0 heterocycles. The topological polar surface area (TPSA) is 86.8 Å². The number of carbonyl (C=O) groups excluding carboxylic acids is 2. The lowest BCUT2D eigenvalue weighted by Gasteiger charge is -2.32. The molecule has 3 aromatic rings. The van der Waals surface area contributed by atoms with E-state index < -0.39 is 28.5 Å². The lowest BCUT2D eigenvalue weighted by molar-refractivity contribution is -0.139. The van der Waals surface area contributed by atoms with Crippen LogP contribution in [0.25, 0.3) is 0 Å². The number of carbonyl (C=O) groups is 2. The standard InChI is InChI=1S/C31H38ClN3O4S/c1-21(2)18-33-31(37)25(6)34(19-26-9-7-8-10-28(26)32)30(36)20-35(29-16-13-23(4)17-24(29)5)40(38,39)27-14-11-22(3)12-15-27/h7-17,21,25H,18-20H2,1-6H3,(H,33,37). The number of halogens is 1. The maximum atomic E-state index is 14.0. The molecular weight excluding hydrogens is 546 g/mol. The lowest BCUT2D eigenvalue weighted by Crippen LogP contribution is -2.51. The Morgan fingerprint density at radius 1 is 0.900 bits per heavy atom. The van der Waals surface area contributed by atoms with E-state index in [1.165, 1.54) is 17.0 Å². The van der Waals surface area contributed by atoms with Gasteiger partial charge in [0.2, 0.25) is 11.8 Å². The second-order valence-electron chi connectivity index (χ2n) is 10.5. The maximum absolute atomic E-state index is 14.0. The first-order chi connectivity index (χ1) is 18.8. The second kappa shape index (κ2) is 13.3. The molecule has 1 atom stereocenters. The third kappa shape index (κ3) is 7.64. The molecule has 0 bridgehead atoms. The van der Waals surface area contributed by atoms with Gasteiger partial charge >= 0.3 is 0 Å². The second-order valence-corrected chi connectivity index (χ2v) is 12.8. The molecule has 214 valence electrons. The first kappa shape index (κ1) is 31.2. The molecule has 0 saturated carbocycles. The molecule has 1 unspecified atom stereocenters. The van der Waals surface area contributed by atoms with Gasteiger partial charge in [-0.15, -0.1) is 0 Å². The average molecular weight is 584 g/mol. The van der Waals surface area contributed by atoms with E-state index in [0.29, 0.717) is 28.4 Å². The molecular formula is C31H38ClN3O4S. The van der Waals surface area contributed by atoms with E-state index in [1.54, 1.807) is 49.4 Å². The van der Waals surface area contributed by atoms with Crippen molar-refractivity contribution < 1.29 is 18.0 Å². The monoisotopic (exact) mass is 583 g/mol. The molecule has 0 spiro atoms. The van der Waals surface area contributed by atoms with Gasteiger partial charge in [0.1, 0.15) is 12.6 Å². The van der Waals surface area contributed by atoms with Crippen LogP contribution in [0.3, 0.4) is 0 Å². The molecule has 0 aromatic heterocycles. The summed E-state index contributed by atoms with van der Waals surface area (Å²) in [6.45, 7) is 11.2. The lowest BCUT2D eigenvalue weighted by atomic mass is 10.1. The van der Waals surface area contributed by atoms with Crippen LogP contribution < -0.4 is 9.62 Å². The zero-order valence-electron chi connectivity index (χ0n) is 23.9. The SMILES string of the molecule is Cc1ccc(S(=O)(=O)N(CC(=O)N(Cc2ccccc2Cl)C(C)C(=O)NCC(C)C)c2ccc(C)cc2C)cc1. The van der Waals surface area contributed by atoms with Crippen molar-refractivity contribution in [3.8, 4) is 0 Å². The Morgan fingerprint density at radius 3 is 2.12 bits per heavy atom. The van der Waals surface area contributed by atoms with E-state index in [1.807, 2.05) is 46.8 Å². The fraction of sp³-hybridized carbons (Fsp3) is 0.355. The van der Waals surface area contributed by atoms with Crippen molar-refractivity contribution in [2.45, 2.75) is 59.0 Å². The van der Waals surface area contributed by atoms with Gasteiger partial charge < -0.3 is 10.2 Å². The highest BCUT2D eigenvalue weighted by Gasteiger charge is 2.33. The Labute approximate surface area is 243 Å². The number of nitrogens with one attached hydrogen (secondary N) is 1. The Morgan fingerprint density at radius 2 is 1.52 bits per heavy atom. The zero-order chi connectivity index (χ0) is 29.6. The number of rotatable bonds is 11. The molecule has 0 aliphatic rings. The number of hydrogen-bond donors (Lipinski definition) is 1. The third-order valence-corrected chi connectivity index (χ3v) is 8.80. The number of amides is 2. The first-order valence-electron chi connectivity index (χ1n) is 13.3. The van der Waals surface area contributed by atoms with Crippen LogP contribution in [-0.4, -0.2) is 44.3 Å². The van der Waals surface area contributed by atoms with Gasteiger partial charge in [0.15, 0.2) is 0 Å². The fourth-order valence-corrected chi connectivity index (χ4v) is 5.96. The van der Waals surface area contributed by atoms with Crippen molar-refractivity contribution in [2.75, 3.05) is 17.4 Å². The van der Waals surface area contributed by atoms with Crippen LogP contribution in [0.1, 0.15) is 43.0 Å². The third-order valence-electron chi connectivity index (χ3n) is 6.66. The van der Waals surface area contributed by atoms with E-state index in [0.717, 1.165) is 15.4 Å². The van der Waals surface area contributed by atoms with Crippen molar-refractivity contribution in [2.24, 2.45) is 5.92 Å². The van der Waals surface area contributed by atoms with Gasteiger partial charge in [0.25, 0.3) is 10.0 Å². The average Bonchev–Trinajstić information content (AvgIpc) is 2.90. The summed E-state index contributed by atoms with van der Waals surface area (Å²) in [5, 5.41) is 3.33. The molecule has 7 nitrogen and oxygen atoms in total. The molecule has 0 saturated heterocycles. The summed E-state index contributed by atoms with van der Waals surface area (Å²) < 4.78 is 29.1. The number of benzene rings is 3. The van der Waals surface area contributed by atoms with Gasteiger partial charge in [0, 0.05) is 18.1 Å². The van der Waals surface area contributed by atoms with Crippen molar-refractivity contribution in [3.63, 3.8) is 0 Å². The normalized spacial score (nSPS) is 12.2. The summed E-state index contributed by atoms with van der Waals surface area (Å²) >= 11 is 6.42. The molecule has 40 heavy (non-hydrogen) atoms. The van der Waals surface area contributed by atoms with Crippen LogP contribution in [0.5, 0.6) is 0 Å². The van der Waals surface area contributed by atoms with Gasteiger partial charge in [-0.3, -0.25) is 13.9 Å². The van der Waals surface area contributed by atoms with Crippen LogP contribution in [0, 0.1) is 26.7 Å². The van der Waals surface area contributed by atoms with E-state index in [9.17, 15) is 18.0 Å². The summed E-state index contributed by atoms with van der Waals surface area (Å²) in [5.74, 6) is -0.625. The van der Waals surface area contributed by atoms with Crippen molar-refractivity contribution in [1.82, 2.24) is 10.2 Å². The molecule has 3 aromatic carbocycles. The van der Waals surface area contributed by atoms with Gasteiger partial charge in [-0.1, -0.05) is 79.0 Å². The van der Waals surface area contributed by atoms with Crippen molar-refractivity contribution in [1.29, 1.82) is 0 Å². The number of anilines is 1. The fourth-order valence-electron chi connectivity index (χ4n) is 4.28. The number of nitrogens with zero attached hydrogens (tertiary/aromatic N) is 2. The summed E-state index contributed by atoms with van der Waals surface area (Å²) in [6.07, 6.45) is 0. The highest BCUT2D eigenvalue weighted by Crippen LogP contribution is 2.29. The molecule has 0 fully saturated rings. The van der Waals surface area contributed by atoms with Crippen LogP contribution in [0.15, 0.2) is 71.6 Å². The van der Waals surface area contributed by atoms with Crippen LogP contribution in [-0.2, 0) is 26.2 Å². The minimum atomic E-state index is -4.12. The number of aryl methyl sites for hydroxylation is 3. The number of hydrogen-bond acceptors (Lipinski definition) is 4. The summed E-state index contributed by atoms with van der Waals surface area (Å²) in [4.78, 5) is 28.6. The Hall–Kier alpha value is -3.36. The van der Waals surface area contributed by atoms with Gasteiger partial charge in [-0.25, -0.2) is 8.42 Å². The number of sulfonamides is 1. The van der Waals surface area contributed by atoms with Crippen molar-refractivity contribution in [3.05, 3.63) is 94.0 Å². The van der Waals surface area contributed by atoms with Crippen molar-refractivity contribution >= 4 is 39.1 Å². The Bertz CT molecular complexity index is 1460. The smallest absolute Gasteiger partial charge is 0.264 e. The minimum absolute atomic E-state index is 0.0417. The van der Waals surface area contributed by atoms with Crippen LogP contribution >= 0.6 is 11.6 Å². The predicted octanol–water partition coefficient (Wildman–Crippen LogP) is 5.65. The van der Waals surface area contributed by atoms with E-state index in [2.05, 4.69) is 5.32 Å². The first-order valence-corrected chi connectivity index (χ1v) is 15.1. The van der Waals surface area contributed by atoms with E-state index in [-0.39, 0.29) is 23.3 Å². The summed E-state index contributed by atoms with van der Waals surface area (Å²) in [5.41, 5.74) is 3.65.